The molecule has 13 heavy (non-hydrogen) atoms. The molecule has 0 atom stereocenters. The van der Waals surface area contributed by atoms with E-state index < -0.39 is 0 Å². The highest BCUT2D eigenvalue weighted by Gasteiger charge is 2.07. The Balaban J connectivity index is 2.34. The first-order valence-corrected chi connectivity index (χ1v) is 4.86. The summed E-state index contributed by atoms with van der Waals surface area (Å²) in [6.45, 7) is 0. The number of rotatable bonds is 2. The van der Waals surface area contributed by atoms with E-state index in [9.17, 15) is 4.79 Å². The summed E-state index contributed by atoms with van der Waals surface area (Å²) in [6.07, 6.45) is 0. The predicted molar refractivity (Wildman–Crippen MR) is 53.0 cm³/mol. The van der Waals surface area contributed by atoms with Gasteiger partial charge in [-0.3, -0.25) is 4.79 Å². The van der Waals surface area contributed by atoms with Gasteiger partial charge >= 0.3 is 0 Å². The zero-order chi connectivity index (χ0) is 9.10. The number of carbonyl (C=O) groups excluding carboxylic acids is 1. The molecule has 63 valence electrons. The molecule has 0 aliphatic carbocycles. The van der Waals surface area contributed by atoms with Crippen LogP contribution in [0.5, 0.6) is 0 Å². The molecule has 1 aromatic carbocycles. The van der Waals surface area contributed by atoms with Crippen LogP contribution < -0.4 is 0 Å². The highest BCUT2D eigenvalue weighted by Crippen LogP contribution is 2.11. The second-order valence-electron chi connectivity index (χ2n) is 2.62. The van der Waals surface area contributed by atoms with Gasteiger partial charge in [0.1, 0.15) is 0 Å². The molecule has 1 nitrogen and oxygen atoms in total. The lowest BCUT2D eigenvalue weighted by molar-refractivity contribution is 0.103. The van der Waals surface area contributed by atoms with Crippen molar-refractivity contribution in [2.24, 2.45) is 0 Å². The van der Waals surface area contributed by atoms with Crippen LogP contribution >= 0.6 is 11.3 Å². The van der Waals surface area contributed by atoms with Gasteiger partial charge in [0.25, 0.3) is 0 Å². The minimum atomic E-state index is 0.0434. The fourth-order valence-corrected chi connectivity index (χ4v) is 1.72. The van der Waals surface area contributed by atoms with Crippen molar-refractivity contribution in [1.29, 1.82) is 0 Å². The number of carbonyl (C=O) groups is 1. The summed E-state index contributed by atoms with van der Waals surface area (Å²) in [5.41, 5.74) is 1.37. The summed E-state index contributed by atoms with van der Waals surface area (Å²) in [7, 11) is 0. The van der Waals surface area contributed by atoms with Crippen LogP contribution in [0.1, 0.15) is 15.9 Å². The lowest BCUT2D eigenvalue weighted by Gasteiger charge is -1.95. The molecular weight excluding hydrogens is 180 g/mol. The van der Waals surface area contributed by atoms with Crippen molar-refractivity contribution in [2.75, 3.05) is 0 Å². The summed E-state index contributed by atoms with van der Waals surface area (Å²) in [6, 6.07) is 12.0. The predicted octanol–water partition coefficient (Wildman–Crippen LogP) is 2.78. The van der Waals surface area contributed by atoms with Crippen LogP contribution in [0.25, 0.3) is 0 Å². The van der Waals surface area contributed by atoms with E-state index in [4.69, 9.17) is 0 Å². The van der Waals surface area contributed by atoms with E-state index in [-0.39, 0.29) is 5.78 Å². The van der Waals surface area contributed by atoms with Crippen molar-refractivity contribution >= 4 is 17.1 Å². The number of benzene rings is 1. The smallest absolute Gasteiger partial charge is 0.194 e. The van der Waals surface area contributed by atoms with Crippen LogP contribution in [0.4, 0.5) is 0 Å². The van der Waals surface area contributed by atoms with Crippen LogP contribution in [0.2, 0.25) is 0 Å². The average molecular weight is 187 g/mol. The van der Waals surface area contributed by atoms with Gasteiger partial charge in [0.2, 0.25) is 0 Å². The Morgan fingerprint density at radius 2 is 2.23 bits per heavy atom. The zero-order valence-electron chi connectivity index (χ0n) is 6.86. The highest BCUT2D eigenvalue weighted by atomic mass is 32.1. The number of thiophene rings is 1. The summed E-state index contributed by atoms with van der Waals surface area (Å²) >= 11 is 1.53. The highest BCUT2D eigenvalue weighted by molar-refractivity contribution is 7.08. The molecule has 1 heterocycles. The molecule has 0 amide bonds. The van der Waals surface area contributed by atoms with Gasteiger partial charge in [0.05, 0.1) is 0 Å². The van der Waals surface area contributed by atoms with Crippen LogP contribution in [0.15, 0.2) is 41.1 Å². The maximum absolute atomic E-state index is 11.7. The Hall–Kier alpha value is -1.41. The molecule has 1 aromatic heterocycles. The van der Waals surface area contributed by atoms with Gasteiger partial charge in [-0.1, -0.05) is 24.3 Å². The standard InChI is InChI=1S/C11H7OS/c12-11(10-6-7-13-8-10)9-4-2-1-3-5-9/h1-4,6-8H. The Bertz CT molecular complexity index is 389. The second kappa shape index (κ2) is 3.54. The van der Waals surface area contributed by atoms with Crippen LogP contribution in [0.3, 0.4) is 0 Å². The normalized spacial score (nSPS) is 9.85. The molecule has 2 heteroatoms. The largest absolute Gasteiger partial charge is 0.289 e. The van der Waals surface area contributed by atoms with E-state index in [1.165, 1.54) is 11.3 Å². The Morgan fingerprint density at radius 1 is 1.31 bits per heavy atom. The number of hydrogen-bond donors (Lipinski definition) is 0. The zero-order valence-corrected chi connectivity index (χ0v) is 7.67. The fraction of sp³-hybridized carbons (Fsp3) is 0. The first kappa shape index (κ1) is 8.20. The van der Waals surface area contributed by atoms with E-state index in [2.05, 4.69) is 6.07 Å². The molecule has 0 N–H and O–H groups in total. The molecule has 0 aliphatic rings. The summed E-state index contributed by atoms with van der Waals surface area (Å²) < 4.78 is 0. The van der Waals surface area contributed by atoms with Crippen molar-refractivity contribution in [3.8, 4) is 0 Å². The molecule has 0 saturated heterocycles. The molecule has 0 fully saturated rings. The minimum Gasteiger partial charge on any atom is -0.289 e. The van der Waals surface area contributed by atoms with Gasteiger partial charge in [-0.15, -0.1) is 0 Å². The van der Waals surface area contributed by atoms with Gasteiger partial charge < -0.3 is 0 Å². The van der Waals surface area contributed by atoms with Crippen LogP contribution in [-0.4, -0.2) is 5.78 Å². The van der Waals surface area contributed by atoms with E-state index >= 15 is 0 Å². The lowest BCUT2D eigenvalue weighted by atomic mass is 10.1. The molecule has 0 unspecified atom stereocenters. The Labute approximate surface area is 80.7 Å². The third-order valence-corrected chi connectivity index (χ3v) is 2.42. The van der Waals surface area contributed by atoms with Crippen molar-refractivity contribution in [3.05, 3.63) is 58.3 Å². The summed E-state index contributed by atoms with van der Waals surface area (Å²) in [5, 5.41) is 3.75. The van der Waals surface area contributed by atoms with Crippen LogP contribution in [-0.2, 0) is 0 Å². The van der Waals surface area contributed by atoms with Crippen molar-refractivity contribution < 1.29 is 4.79 Å². The SMILES string of the molecule is O=C(c1[c]cccc1)c1ccsc1. The first-order chi connectivity index (χ1) is 6.38. The molecule has 0 bridgehead atoms. The van der Waals surface area contributed by atoms with Gasteiger partial charge in [0, 0.05) is 16.5 Å². The van der Waals surface area contributed by atoms with Crippen molar-refractivity contribution in [2.45, 2.75) is 0 Å². The van der Waals surface area contributed by atoms with Gasteiger partial charge in [-0.25, -0.2) is 0 Å². The lowest BCUT2D eigenvalue weighted by Crippen LogP contribution is -1.98. The molecule has 0 aliphatic heterocycles. The summed E-state index contributed by atoms with van der Waals surface area (Å²) in [5.74, 6) is 0.0434. The van der Waals surface area contributed by atoms with Gasteiger partial charge in [0.15, 0.2) is 5.78 Å². The maximum Gasteiger partial charge on any atom is 0.194 e. The third-order valence-electron chi connectivity index (χ3n) is 1.74. The maximum atomic E-state index is 11.7. The molecule has 0 spiro atoms. The molecule has 0 saturated carbocycles. The minimum absolute atomic E-state index is 0.0434. The fourth-order valence-electron chi connectivity index (χ4n) is 1.08. The van der Waals surface area contributed by atoms with E-state index in [0.717, 1.165) is 5.56 Å². The van der Waals surface area contributed by atoms with Crippen molar-refractivity contribution in [1.82, 2.24) is 0 Å². The Morgan fingerprint density at radius 3 is 2.85 bits per heavy atom. The molecule has 1 radical (unpaired) electrons. The Kier molecular flexibility index (Phi) is 2.23. The monoisotopic (exact) mass is 187 g/mol. The second-order valence-corrected chi connectivity index (χ2v) is 3.40. The average Bonchev–Trinajstić information content (AvgIpc) is 2.71. The third kappa shape index (κ3) is 1.68. The molecular formula is C11H7OS. The van der Waals surface area contributed by atoms with E-state index in [0.29, 0.717) is 5.56 Å². The van der Waals surface area contributed by atoms with Gasteiger partial charge in [-0.05, 0) is 17.5 Å². The molecule has 2 rings (SSSR count). The van der Waals surface area contributed by atoms with E-state index in [1.807, 2.05) is 29.0 Å². The molecule has 2 aromatic rings. The van der Waals surface area contributed by atoms with Crippen molar-refractivity contribution in [3.63, 3.8) is 0 Å². The first-order valence-electron chi connectivity index (χ1n) is 3.91. The topological polar surface area (TPSA) is 17.1 Å². The number of ketones is 1. The quantitative estimate of drug-likeness (QED) is 0.661. The summed E-state index contributed by atoms with van der Waals surface area (Å²) in [4.78, 5) is 11.7. The van der Waals surface area contributed by atoms with Crippen LogP contribution in [0, 0.1) is 6.07 Å². The number of hydrogen-bond acceptors (Lipinski definition) is 2. The van der Waals surface area contributed by atoms with Gasteiger partial charge in [-0.2, -0.15) is 11.3 Å². The van der Waals surface area contributed by atoms with E-state index in [1.54, 1.807) is 12.1 Å².